The molecule has 4 nitrogen and oxygen atoms in total. The van der Waals surface area contributed by atoms with E-state index >= 15 is 0 Å². The molecule has 1 unspecified atom stereocenters. The molecule has 1 aliphatic heterocycles. The van der Waals surface area contributed by atoms with Crippen molar-refractivity contribution in [3.8, 4) is 0 Å². The van der Waals surface area contributed by atoms with E-state index in [1.807, 2.05) is 6.92 Å². The first kappa shape index (κ1) is 20.2. The van der Waals surface area contributed by atoms with Gasteiger partial charge < -0.3 is 11.1 Å². The Balaban J connectivity index is 0.00000200. The monoisotopic (exact) mass is 333 g/mol. The number of carbonyl (C=O) groups is 1. The van der Waals surface area contributed by atoms with Crippen LogP contribution in [0.5, 0.6) is 0 Å². The summed E-state index contributed by atoms with van der Waals surface area (Å²) in [6, 6.07) is 8.40. The Bertz CT molecular complexity index is 443. The highest BCUT2D eigenvalue weighted by molar-refractivity contribution is 5.85. The molecular formula is C15H25Cl2N3O. The number of hydrogen-bond acceptors (Lipinski definition) is 3. The van der Waals surface area contributed by atoms with E-state index in [0.717, 1.165) is 25.9 Å². The van der Waals surface area contributed by atoms with Gasteiger partial charge in [-0.25, -0.2) is 0 Å². The van der Waals surface area contributed by atoms with Crippen molar-refractivity contribution in [3.05, 3.63) is 35.4 Å². The highest BCUT2D eigenvalue weighted by Crippen LogP contribution is 2.20. The van der Waals surface area contributed by atoms with Crippen molar-refractivity contribution in [1.82, 2.24) is 10.2 Å². The lowest BCUT2D eigenvalue weighted by Gasteiger charge is -2.32. The Labute approximate surface area is 139 Å². The fourth-order valence-corrected chi connectivity index (χ4v) is 2.48. The number of amides is 1. The largest absolute Gasteiger partial charge is 0.355 e. The average molecular weight is 334 g/mol. The molecule has 120 valence electrons. The molecule has 6 heteroatoms. The van der Waals surface area contributed by atoms with Crippen LogP contribution >= 0.6 is 24.8 Å². The van der Waals surface area contributed by atoms with Crippen LogP contribution in [-0.4, -0.2) is 36.5 Å². The summed E-state index contributed by atoms with van der Waals surface area (Å²) in [5, 5.41) is 2.94. The highest BCUT2D eigenvalue weighted by atomic mass is 35.5. The molecule has 0 radical (unpaired) electrons. The van der Waals surface area contributed by atoms with Gasteiger partial charge in [0.25, 0.3) is 0 Å². The molecule has 0 bridgehead atoms. The molecule has 1 aromatic carbocycles. The summed E-state index contributed by atoms with van der Waals surface area (Å²) in [5.41, 5.74) is 8.18. The van der Waals surface area contributed by atoms with Crippen LogP contribution < -0.4 is 11.1 Å². The second-order valence-corrected chi connectivity index (χ2v) is 5.10. The molecule has 0 aromatic heterocycles. The van der Waals surface area contributed by atoms with Gasteiger partial charge in [0.05, 0.1) is 6.04 Å². The molecule has 0 spiro atoms. The van der Waals surface area contributed by atoms with Crippen LogP contribution in [0.2, 0.25) is 0 Å². The molecule has 1 atom stereocenters. The first-order valence-corrected chi connectivity index (χ1v) is 7.01. The van der Waals surface area contributed by atoms with Crippen LogP contribution in [0.25, 0.3) is 0 Å². The lowest BCUT2D eigenvalue weighted by molar-refractivity contribution is -0.126. The molecule has 0 saturated heterocycles. The zero-order valence-corrected chi connectivity index (χ0v) is 14.0. The van der Waals surface area contributed by atoms with Crippen LogP contribution in [0.4, 0.5) is 0 Å². The molecule has 0 fully saturated rings. The minimum absolute atomic E-state index is 0. The normalized spacial score (nSPS) is 15.1. The molecule has 2 rings (SSSR count). The van der Waals surface area contributed by atoms with Crippen molar-refractivity contribution in [3.63, 3.8) is 0 Å². The molecule has 1 amide bonds. The van der Waals surface area contributed by atoms with Crippen molar-refractivity contribution in [2.45, 2.75) is 32.4 Å². The van der Waals surface area contributed by atoms with Gasteiger partial charge in [0.15, 0.2) is 0 Å². The minimum Gasteiger partial charge on any atom is -0.355 e. The first-order valence-electron chi connectivity index (χ1n) is 7.01. The van der Waals surface area contributed by atoms with Gasteiger partial charge in [0, 0.05) is 19.6 Å². The lowest BCUT2D eigenvalue weighted by atomic mass is 9.99. The smallest absolute Gasteiger partial charge is 0.237 e. The number of benzene rings is 1. The Morgan fingerprint density at radius 3 is 2.67 bits per heavy atom. The summed E-state index contributed by atoms with van der Waals surface area (Å²) < 4.78 is 0. The second kappa shape index (κ2) is 10.0. The summed E-state index contributed by atoms with van der Waals surface area (Å²) >= 11 is 0. The van der Waals surface area contributed by atoms with Gasteiger partial charge in [-0.05, 0) is 37.4 Å². The maximum Gasteiger partial charge on any atom is 0.237 e. The van der Waals surface area contributed by atoms with E-state index < -0.39 is 0 Å². The van der Waals surface area contributed by atoms with Crippen LogP contribution in [-0.2, 0) is 17.8 Å². The Kier molecular flexibility index (Phi) is 9.62. The van der Waals surface area contributed by atoms with E-state index in [0.29, 0.717) is 13.1 Å². The van der Waals surface area contributed by atoms with Crippen molar-refractivity contribution in [2.75, 3.05) is 19.6 Å². The topological polar surface area (TPSA) is 58.4 Å². The van der Waals surface area contributed by atoms with E-state index in [1.54, 1.807) is 0 Å². The predicted octanol–water partition coefficient (Wildman–Crippen LogP) is 1.74. The SMILES string of the molecule is CC(C(=O)NCCCN)N1CCc2ccccc2C1.Cl.Cl. The number of nitrogens with zero attached hydrogens (tertiary/aromatic N) is 1. The zero-order chi connectivity index (χ0) is 13.7. The Morgan fingerprint density at radius 2 is 2.00 bits per heavy atom. The van der Waals surface area contributed by atoms with Crippen molar-refractivity contribution in [1.29, 1.82) is 0 Å². The molecule has 21 heavy (non-hydrogen) atoms. The molecule has 1 heterocycles. The summed E-state index contributed by atoms with van der Waals surface area (Å²) in [5.74, 6) is 0.104. The predicted molar refractivity (Wildman–Crippen MR) is 91.2 cm³/mol. The summed E-state index contributed by atoms with van der Waals surface area (Å²) in [7, 11) is 0. The standard InChI is InChI=1S/C15H23N3O.2ClH/c1-12(15(19)17-9-4-8-16)18-10-7-13-5-2-3-6-14(13)11-18;;/h2-3,5-6,12H,4,7-11,16H2,1H3,(H,17,19);2*1H. The number of nitrogens with two attached hydrogens (primary N) is 1. The molecule has 1 aliphatic rings. The van der Waals surface area contributed by atoms with Gasteiger partial charge in [-0.1, -0.05) is 24.3 Å². The molecular weight excluding hydrogens is 309 g/mol. The number of carbonyl (C=O) groups excluding carboxylic acids is 1. The van der Waals surface area contributed by atoms with Crippen LogP contribution in [0, 0.1) is 0 Å². The van der Waals surface area contributed by atoms with Crippen LogP contribution in [0.3, 0.4) is 0 Å². The summed E-state index contributed by atoms with van der Waals surface area (Å²) in [6.07, 6.45) is 1.86. The van der Waals surface area contributed by atoms with Crippen molar-refractivity contribution < 1.29 is 4.79 Å². The number of rotatable bonds is 5. The third kappa shape index (κ3) is 5.47. The third-order valence-electron chi connectivity index (χ3n) is 3.77. The van der Waals surface area contributed by atoms with Gasteiger partial charge in [-0.15, -0.1) is 24.8 Å². The molecule has 1 aromatic rings. The molecule has 0 saturated carbocycles. The van der Waals surface area contributed by atoms with E-state index in [4.69, 9.17) is 5.73 Å². The van der Waals surface area contributed by atoms with Gasteiger partial charge >= 0.3 is 0 Å². The van der Waals surface area contributed by atoms with E-state index in [-0.39, 0.29) is 36.8 Å². The lowest BCUT2D eigenvalue weighted by Crippen LogP contribution is -2.47. The van der Waals surface area contributed by atoms with Gasteiger partial charge in [0.2, 0.25) is 5.91 Å². The number of nitrogens with one attached hydrogen (secondary N) is 1. The Hall–Kier alpha value is -0.810. The maximum absolute atomic E-state index is 12.0. The number of halogens is 2. The highest BCUT2D eigenvalue weighted by Gasteiger charge is 2.24. The fourth-order valence-electron chi connectivity index (χ4n) is 2.48. The zero-order valence-electron chi connectivity index (χ0n) is 12.4. The summed E-state index contributed by atoms with van der Waals surface area (Å²) in [4.78, 5) is 14.3. The van der Waals surface area contributed by atoms with E-state index in [2.05, 4.69) is 34.5 Å². The van der Waals surface area contributed by atoms with Gasteiger partial charge in [-0.2, -0.15) is 0 Å². The first-order chi connectivity index (χ1) is 9.22. The molecule has 0 aliphatic carbocycles. The summed E-state index contributed by atoms with van der Waals surface area (Å²) in [6.45, 7) is 5.08. The van der Waals surface area contributed by atoms with E-state index in [1.165, 1.54) is 11.1 Å². The number of fused-ring (bicyclic) bond motifs is 1. The average Bonchev–Trinajstić information content (AvgIpc) is 2.46. The van der Waals surface area contributed by atoms with Gasteiger partial charge in [0.1, 0.15) is 0 Å². The second-order valence-electron chi connectivity index (χ2n) is 5.10. The van der Waals surface area contributed by atoms with Crippen LogP contribution in [0.15, 0.2) is 24.3 Å². The third-order valence-corrected chi connectivity index (χ3v) is 3.77. The maximum atomic E-state index is 12.0. The Morgan fingerprint density at radius 1 is 1.33 bits per heavy atom. The van der Waals surface area contributed by atoms with Crippen molar-refractivity contribution >= 4 is 30.7 Å². The van der Waals surface area contributed by atoms with Gasteiger partial charge in [-0.3, -0.25) is 9.69 Å². The quantitative estimate of drug-likeness (QED) is 0.807. The number of hydrogen-bond donors (Lipinski definition) is 2. The van der Waals surface area contributed by atoms with Crippen molar-refractivity contribution in [2.24, 2.45) is 5.73 Å². The van der Waals surface area contributed by atoms with Crippen LogP contribution in [0.1, 0.15) is 24.5 Å². The minimum atomic E-state index is -0.0777. The molecule has 3 N–H and O–H groups in total. The van der Waals surface area contributed by atoms with E-state index in [9.17, 15) is 4.79 Å². The fraction of sp³-hybridized carbons (Fsp3) is 0.533.